The summed E-state index contributed by atoms with van der Waals surface area (Å²) in [6.07, 6.45) is 2.25. The van der Waals surface area contributed by atoms with E-state index in [1.54, 1.807) is 11.3 Å². The Bertz CT molecular complexity index is 448. The van der Waals surface area contributed by atoms with Crippen molar-refractivity contribution in [2.24, 2.45) is 0 Å². The van der Waals surface area contributed by atoms with Crippen LogP contribution in [0.25, 0.3) is 0 Å². The van der Waals surface area contributed by atoms with Gasteiger partial charge in [0.15, 0.2) is 0 Å². The van der Waals surface area contributed by atoms with Gasteiger partial charge in [0.25, 0.3) is 0 Å². The molecule has 3 heterocycles. The van der Waals surface area contributed by atoms with Crippen molar-refractivity contribution in [3.05, 3.63) is 22.4 Å². The van der Waals surface area contributed by atoms with Crippen LogP contribution in [0.3, 0.4) is 0 Å². The summed E-state index contributed by atoms with van der Waals surface area (Å²) in [5, 5.41) is 5.53. The van der Waals surface area contributed by atoms with Crippen molar-refractivity contribution in [2.45, 2.75) is 31.8 Å². The zero-order valence-electron chi connectivity index (χ0n) is 12.0. The van der Waals surface area contributed by atoms with E-state index in [4.69, 9.17) is 0 Å². The summed E-state index contributed by atoms with van der Waals surface area (Å²) in [7, 11) is 0. The molecule has 5 heteroatoms. The number of nitrogens with zero attached hydrogens (tertiary/aromatic N) is 2. The van der Waals surface area contributed by atoms with Gasteiger partial charge in [-0.25, -0.2) is 0 Å². The Morgan fingerprint density at radius 1 is 1.50 bits per heavy atom. The van der Waals surface area contributed by atoms with E-state index in [1.807, 2.05) is 0 Å². The van der Waals surface area contributed by atoms with Crippen molar-refractivity contribution in [2.75, 3.05) is 32.7 Å². The van der Waals surface area contributed by atoms with E-state index >= 15 is 0 Å². The summed E-state index contributed by atoms with van der Waals surface area (Å²) < 4.78 is 0. The standard InChI is InChI=1S/C15H23N3OS/c1-12-10-17(8-6-16-12)11-15(19)18-7-2-4-13(18)14-5-3-9-20-14/h3,5,9,12-13,16H,2,4,6-8,10-11H2,1H3. The molecule has 110 valence electrons. The molecule has 1 aromatic heterocycles. The molecule has 0 spiro atoms. The van der Waals surface area contributed by atoms with E-state index < -0.39 is 0 Å². The fourth-order valence-electron chi connectivity index (χ4n) is 3.28. The van der Waals surface area contributed by atoms with E-state index in [1.165, 1.54) is 4.88 Å². The highest BCUT2D eigenvalue weighted by Crippen LogP contribution is 2.34. The van der Waals surface area contributed by atoms with Gasteiger partial charge in [0.1, 0.15) is 0 Å². The molecule has 0 saturated carbocycles. The van der Waals surface area contributed by atoms with Crippen LogP contribution < -0.4 is 5.32 Å². The van der Waals surface area contributed by atoms with Gasteiger partial charge in [-0.1, -0.05) is 6.07 Å². The quantitative estimate of drug-likeness (QED) is 0.921. The summed E-state index contributed by atoms with van der Waals surface area (Å²) in [6.45, 7) is 6.62. The van der Waals surface area contributed by atoms with Gasteiger partial charge >= 0.3 is 0 Å². The maximum atomic E-state index is 12.6. The first-order chi connectivity index (χ1) is 9.74. The largest absolute Gasteiger partial charge is 0.334 e. The zero-order valence-corrected chi connectivity index (χ0v) is 12.9. The lowest BCUT2D eigenvalue weighted by atomic mass is 10.2. The molecular weight excluding hydrogens is 270 g/mol. The van der Waals surface area contributed by atoms with Gasteiger partial charge in [-0.3, -0.25) is 9.69 Å². The van der Waals surface area contributed by atoms with Gasteiger partial charge in [0.2, 0.25) is 5.91 Å². The Morgan fingerprint density at radius 2 is 2.40 bits per heavy atom. The van der Waals surface area contributed by atoms with Crippen LogP contribution in [-0.2, 0) is 4.79 Å². The van der Waals surface area contributed by atoms with Gasteiger partial charge in [0, 0.05) is 37.1 Å². The maximum absolute atomic E-state index is 12.6. The molecular formula is C15H23N3OS. The highest BCUT2D eigenvalue weighted by atomic mass is 32.1. The summed E-state index contributed by atoms with van der Waals surface area (Å²) in [5.74, 6) is 0.301. The van der Waals surface area contributed by atoms with Crippen LogP contribution in [0.1, 0.15) is 30.7 Å². The van der Waals surface area contributed by atoms with Crippen molar-refractivity contribution >= 4 is 17.2 Å². The normalized spacial score (nSPS) is 27.9. The second kappa shape index (κ2) is 6.24. The lowest BCUT2D eigenvalue weighted by molar-refractivity contribution is -0.133. The van der Waals surface area contributed by atoms with Gasteiger partial charge in [-0.15, -0.1) is 11.3 Å². The molecule has 2 atom stereocenters. The molecule has 2 aliphatic heterocycles. The van der Waals surface area contributed by atoms with E-state index in [0.29, 0.717) is 24.5 Å². The lowest BCUT2D eigenvalue weighted by Gasteiger charge is -2.33. The number of piperazine rings is 1. The molecule has 2 fully saturated rings. The first kappa shape index (κ1) is 14.0. The Balaban J connectivity index is 1.61. The Hall–Kier alpha value is -0.910. The lowest BCUT2D eigenvalue weighted by Crippen LogP contribution is -2.52. The number of amides is 1. The topological polar surface area (TPSA) is 35.6 Å². The second-order valence-electron chi connectivity index (χ2n) is 5.85. The van der Waals surface area contributed by atoms with E-state index in [0.717, 1.165) is 39.0 Å². The number of likely N-dealkylation sites (tertiary alicyclic amines) is 1. The third-order valence-corrected chi connectivity index (χ3v) is 5.23. The van der Waals surface area contributed by atoms with Crippen LogP contribution in [0, 0.1) is 0 Å². The zero-order chi connectivity index (χ0) is 13.9. The van der Waals surface area contributed by atoms with Crippen LogP contribution in [0.15, 0.2) is 17.5 Å². The summed E-state index contributed by atoms with van der Waals surface area (Å²) in [4.78, 5) is 18.3. The minimum Gasteiger partial charge on any atom is -0.334 e. The minimum atomic E-state index is 0.301. The summed E-state index contributed by atoms with van der Waals surface area (Å²) in [6, 6.07) is 5.05. The van der Waals surface area contributed by atoms with Crippen molar-refractivity contribution in [3.8, 4) is 0 Å². The maximum Gasteiger partial charge on any atom is 0.237 e. The molecule has 20 heavy (non-hydrogen) atoms. The third kappa shape index (κ3) is 3.05. The van der Waals surface area contributed by atoms with Crippen molar-refractivity contribution in [1.29, 1.82) is 0 Å². The van der Waals surface area contributed by atoms with E-state index in [2.05, 4.69) is 39.6 Å². The molecule has 2 aliphatic rings. The Morgan fingerprint density at radius 3 is 3.15 bits per heavy atom. The van der Waals surface area contributed by atoms with Gasteiger partial charge in [0.05, 0.1) is 12.6 Å². The number of nitrogens with one attached hydrogen (secondary N) is 1. The monoisotopic (exact) mass is 293 g/mol. The molecule has 0 aromatic carbocycles. The number of rotatable bonds is 3. The smallest absolute Gasteiger partial charge is 0.237 e. The van der Waals surface area contributed by atoms with Crippen molar-refractivity contribution in [3.63, 3.8) is 0 Å². The van der Waals surface area contributed by atoms with E-state index in [9.17, 15) is 4.79 Å². The average molecular weight is 293 g/mol. The molecule has 1 amide bonds. The first-order valence-corrected chi connectivity index (χ1v) is 8.40. The van der Waals surface area contributed by atoms with Crippen LogP contribution in [0.2, 0.25) is 0 Å². The molecule has 0 radical (unpaired) electrons. The Labute approximate surface area is 124 Å². The fourth-order valence-corrected chi connectivity index (χ4v) is 4.15. The van der Waals surface area contributed by atoms with Crippen LogP contribution >= 0.6 is 11.3 Å². The van der Waals surface area contributed by atoms with E-state index in [-0.39, 0.29) is 0 Å². The Kier molecular flexibility index (Phi) is 4.38. The predicted molar refractivity (Wildman–Crippen MR) is 81.9 cm³/mol. The SMILES string of the molecule is CC1CN(CC(=O)N2CCCC2c2cccs2)CCN1. The fraction of sp³-hybridized carbons (Fsp3) is 0.667. The summed E-state index contributed by atoms with van der Waals surface area (Å²) >= 11 is 1.77. The van der Waals surface area contributed by atoms with Crippen LogP contribution in [-0.4, -0.2) is 54.5 Å². The number of hydrogen-bond acceptors (Lipinski definition) is 4. The van der Waals surface area contributed by atoms with Gasteiger partial charge in [-0.05, 0) is 31.2 Å². The number of thiophene rings is 1. The molecule has 0 bridgehead atoms. The third-order valence-electron chi connectivity index (χ3n) is 4.26. The van der Waals surface area contributed by atoms with Gasteiger partial charge in [-0.2, -0.15) is 0 Å². The molecule has 4 nitrogen and oxygen atoms in total. The molecule has 1 N–H and O–H groups in total. The molecule has 3 rings (SSSR count). The molecule has 2 saturated heterocycles. The van der Waals surface area contributed by atoms with Crippen molar-refractivity contribution in [1.82, 2.24) is 15.1 Å². The summed E-state index contributed by atoms with van der Waals surface area (Å²) in [5.41, 5.74) is 0. The molecule has 1 aromatic rings. The number of carbonyl (C=O) groups excluding carboxylic acids is 1. The van der Waals surface area contributed by atoms with Crippen LogP contribution in [0.5, 0.6) is 0 Å². The molecule has 0 aliphatic carbocycles. The number of carbonyl (C=O) groups is 1. The van der Waals surface area contributed by atoms with Gasteiger partial charge < -0.3 is 10.2 Å². The highest BCUT2D eigenvalue weighted by molar-refractivity contribution is 7.10. The van der Waals surface area contributed by atoms with Crippen molar-refractivity contribution < 1.29 is 4.79 Å². The molecule has 2 unspecified atom stereocenters. The minimum absolute atomic E-state index is 0.301. The predicted octanol–water partition coefficient (Wildman–Crippen LogP) is 1.71. The van der Waals surface area contributed by atoms with Crippen LogP contribution in [0.4, 0.5) is 0 Å². The number of hydrogen-bond donors (Lipinski definition) is 1. The highest BCUT2D eigenvalue weighted by Gasteiger charge is 2.31. The average Bonchev–Trinajstić information content (AvgIpc) is 3.09. The second-order valence-corrected chi connectivity index (χ2v) is 6.83. The first-order valence-electron chi connectivity index (χ1n) is 7.52.